The minimum absolute atomic E-state index is 0.735. The smallest absolute Gasteiger partial charge is 0.128 e. The van der Waals surface area contributed by atoms with E-state index >= 15 is 0 Å². The molecule has 0 aromatic heterocycles. The van der Waals surface area contributed by atoms with Crippen molar-refractivity contribution in [3.05, 3.63) is 35.4 Å². The molecule has 1 fully saturated rings. The second kappa shape index (κ2) is 4.73. The number of amidine groups is 1. The third-order valence-corrected chi connectivity index (χ3v) is 4.82. The summed E-state index contributed by atoms with van der Waals surface area (Å²) < 4.78 is 0. The van der Waals surface area contributed by atoms with Gasteiger partial charge in [-0.25, -0.2) is 0 Å². The van der Waals surface area contributed by atoms with Crippen molar-refractivity contribution in [2.45, 2.75) is 19.4 Å². The van der Waals surface area contributed by atoms with Gasteiger partial charge in [-0.2, -0.15) is 11.8 Å². The Morgan fingerprint density at radius 2 is 2.00 bits per heavy atom. The molecule has 0 spiro atoms. The molecule has 3 heteroatoms. The largest absolute Gasteiger partial charge is 0.352 e. The van der Waals surface area contributed by atoms with Crippen LogP contribution in [0.2, 0.25) is 0 Å². The molecule has 0 aliphatic carbocycles. The highest BCUT2D eigenvalue weighted by Gasteiger charge is 2.26. The third-order valence-electron chi connectivity index (χ3n) is 3.77. The van der Waals surface area contributed by atoms with Gasteiger partial charge in [-0.1, -0.05) is 24.3 Å². The van der Waals surface area contributed by atoms with Crippen LogP contribution in [-0.2, 0) is 6.54 Å². The number of hydrogen-bond acceptors (Lipinski definition) is 2. The maximum atomic E-state index is 8.23. The maximum absolute atomic E-state index is 8.23. The van der Waals surface area contributed by atoms with Gasteiger partial charge in [-0.3, -0.25) is 5.41 Å². The molecule has 2 nitrogen and oxygen atoms in total. The van der Waals surface area contributed by atoms with Crippen LogP contribution in [0.3, 0.4) is 0 Å². The van der Waals surface area contributed by atoms with Gasteiger partial charge in [0.15, 0.2) is 0 Å². The van der Waals surface area contributed by atoms with E-state index in [1.165, 1.54) is 29.9 Å². The normalized spacial score (nSPS) is 20.7. The number of benzene rings is 1. The first-order chi connectivity index (χ1) is 8.34. The third kappa shape index (κ3) is 2.21. The number of rotatable bonds is 2. The summed E-state index contributed by atoms with van der Waals surface area (Å²) in [6.45, 7) is 2.02. The van der Waals surface area contributed by atoms with Gasteiger partial charge in [0.1, 0.15) is 5.84 Å². The van der Waals surface area contributed by atoms with Crippen molar-refractivity contribution in [3.63, 3.8) is 0 Å². The molecule has 0 bridgehead atoms. The molecule has 0 amide bonds. The summed E-state index contributed by atoms with van der Waals surface area (Å²) in [4.78, 5) is 2.26. The van der Waals surface area contributed by atoms with E-state index in [4.69, 9.17) is 5.41 Å². The quantitative estimate of drug-likeness (QED) is 0.868. The van der Waals surface area contributed by atoms with Crippen molar-refractivity contribution in [2.75, 3.05) is 18.1 Å². The van der Waals surface area contributed by atoms with Crippen LogP contribution in [0.1, 0.15) is 24.0 Å². The fourth-order valence-corrected chi connectivity index (χ4v) is 3.94. The lowest BCUT2D eigenvalue weighted by Gasteiger charge is -2.27. The van der Waals surface area contributed by atoms with Gasteiger partial charge in [0.05, 0.1) is 0 Å². The van der Waals surface area contributed by atoms with Crippen molar-refractivity contribution in [2.24, 2.45) is 5.92 Å². The minimum Gasteiger partial charge on any atom is -0.352 e. The Kier molecular flexibility index (Phi) is 3.10. The van der Waals surface area contributed by atoms with E-state index in [-0.39, 0.29) is 0 Å². The Bertz CT molecular complexity index is 424. The van der Waals surface area contributed by atoms with Crippen molar-refractivity contribution < 1.29 is 0 Å². The lowest BCUT2D eigenvalue weighted by molar-refractivity contribution is 0.326. The molecule has 2 aliphatic heterocycles. The Labute approximate surface area is 107 Å². The van der Waals surface area contributed by atoms with Gasteiger partial charge >= 0.3 is 0 Å². The zero-order chi connectivity index (χ0) is 11.7. The molecule has 0 radical (unpaired) electrons. The average molecular weight is 246 g/mol. The molecule has 0 saturated carbocycles. The van der Waals surface area contributed by atoms with Crippen LogP contribution in [0.5, 0.6) is 0 Å². The molecule has 2 aliphatic rings. The number of nitrogens with zero attached hydrogens (tertiary/aromatic N) is 1. The molecular weight excluding hydrogens is 228 g/mol. The monoisotopic (exact) mass is 246 g/mol. The molecule has 3 rings (SSSR count). The zero-order valence-corrected chi connectivity index (χ0v) is 10.8. The molecule has 90 valence electrons. The van der Waals surface area contributed by atoms with Gasteiger partial charge < -0.3 is 4.90 Å². The Balaban J connectivity index is 1.69. The lowest BCUT2D eigenvalue weighted by Crippen LogP contribution is -2.31. The highest BCUT2D eigenvalue weighted by Crippen LogP contribution is 2.28. The average Bonchev–Trinajstić information content (AvgIpc) is 2.68. The van der Waals surface area contributed by atoms with E-state index in [2.05, 4.69) is 34.9 Å². The van der Waals surface area contributed by atoms with Crippen molar-refractivity contribution in [1.82, 2.24) is 4.90 Å². The van der Waals surface area contributed by atoms with Gasteiger partial charge in [0, 0.05) is 18.7 Å². The van der Waals surface area contributed by atoms with Crippen LogP contribution in [0, 0.1) is 11.3 Å². The molecule has 1 saturated heterocycles. The topological polar surface area (TPSA) is 27.1 Å². The van der Waals surface area contributed by atoms with E-state index in [9.17, 15) is 0 Å². The predicted molar refractivity (Wildman–Crippen MR) is 73.7 cm³/mol. The summed E-state index contributed by atoms with van der Waals surface area (Å²) in [7, 11) is 0. The zero-order valence-electron chi connectivity index (χ0n) is 9.98. The van der Waals surface area contributed by atoms with Crippen molar-refractivity contribution in [1.29, 1.82) is 5.41 Å². The molecule has 1 aromatic rings. The molecule has 2 heterocycles. The van der Waals surface area contributed by atoms with Crippen LogP contribution in [0.4, 0.5) is 0 Å². The Hall–Kier alpha value is -0.960. The number of thioether (sulfide) groups is 1. The lowest BCUT2D eigenvalue weighted by atomic mass is 10.0. The van der Waals surface area contributed by atoms with Gasteiger partial charge in [0.25, 0.3) is 0 Å². The molecular formula is C14H18N2S. The molecule has 1 N–H and O–H groups in total. The van der Waals surface area contributed by atoms with E-state index in [1.54, 1.807) is 0 Å². The maximum Gasteiger partial charge on any atom is 0.128 e. The summed E-state index contributed by atoms with van der Waals surface area (Å²) in [5, 5.41) is 8.23. The number of hydrogen-bond donors (Lipinski definition) is 1. The summed E-state index contributed by atoms with van der Waals surface area (Å²) in [5.41, 5.74) is 2.46. The Morgan fingerprint density at radius 3 is 2.76 bits per heavy atom. The summed E-state index contributed by atoms with van der Waals surface area (Å²) in [6, 6.07) is 8.34. The van der Waals surface area contributed by atoms with Gasteiger partial charge in [-0.15, -0.1) is 0 Å². The Morgan fingerprint density at radius 1 is 1.24 bits per heavy atom. The van der Waals surface area contributed by atoms with Crippen LogP contribution in [-0.4, -0.2) is 28.8 Å². The fourth-order valence-electron chi connectivity index (χ4n) is 2.74. The second-order valence-electron chi connectivity index (χ2n) is 4.94. The fraction of sp³-hybridized carbons (Fsp3) is 0.500. The summed E-state index contributed by atoms with van der Waals surface area (Å²) >= 11 is 2.07. The second-order valence-corrected chi connectivity index (χ2v) is 6.17. The van der Waals surface area contributed by atoms with Crippen molar-refractivity contribution in [3.8, 4) is 0 Å². The summed E-state index contributed by atoms with van der Waals surface area (Å²) in [5.74, 6) is 4.14. The van der Waals surface area contributed by atoms with Crippen LogP contribution < -0.4 is 0 Å². The number of fused-ring (bicyclic) bond motifs is 1. The van der Waals surface area contributed by atoms with Crippen LogP contribution in [0.25, 0.3) is 0 Å². The standard InChI is InChI=1S/C14H18N2S/c15-14-13-4-2-1-3-12(13)10-16(14)9-11-5-7-17-8-6-11/h1-4,11,15H,5-10H2. The summed E-state index contributed by atoms with van der Waals surface area (Å²) in [6.07, 6.45) is 2.65. The van der Waals surface area contributed by atoms with Crippen molar-refractivity contribution >= 4 is 17.6 Å². The van der Waals surface area contributed by atoms with E-state index in [1.807, 2.05) is 6.07 Å². The highest BCUT2D eigenvalue weighted by molar-refractivity contribution is 7.99. The molecule has 1 aromatic carbocycles. The first-order valence-corrected chi connectivity index (χ1v) is 7.49. The van der Waals surface area contributed by atoms with E-state index < -0.39 is 0 Å². The predicted octanol–water partition coefficient (Wildman–Crippen LogP) is 2.97. The first-order valence-electron chi connectivity index (χ1n) is 6.34. The van der Waals surface area contributed by atoms with Gasteiger partial charge in [-0.05, 0) is 35.8 Å². The molecule has 0 unspecified atom stereocenters. The number of nitrogens with one attached hydrogen (secondary N) is 1. The highest BCUT2D eigenvalue weighted by atomic mass is 32.2. The van der Waals surface area contributed by atoms with Gasteiger partial charge in [0.2, 0.25) is 0 Å². The van der Waals surface area contributed by atoms with Crippen LogP contribution >= 0.6 is 11.8 Å². The molecule has 17 heavy (non-hydrogen) atoms. The van der Waals surface area contributed by atoms with E-state index in [0.717, 1.165) is 30.4 Å². The molecule has 0 atom stereocenters. The minimum atomic E-state index is 0.735. The van der Waals surface area contributed by atoms with E-state index in [0.29, 0.717) is 0 Å². The van der Waals surface area contributed by atoms with Crippen LogP contribution in [0.15, 0.2) is 24.3 Å². The SMILES string of the molecule is N=C1c2ccccc2CN1CC1CCSCC1. The first kappa shape index (κ1) is 11.1.